The molecule has 0 aliphatic carbocycles. The average molecular weight is 240 g/mol. The molecule has 5 nitrogen and oxygen atoms in total. The van der Waals surface area contributed by atoms with Crippen LogP contribution in [0, 0.1) is 18.3 Å². The molecule has 0 aromatic heterocycles. The number of hydrogen-bond acceptors (Lipinski definition) is 2. The lowest BCUT2D eigenvalue weighted by molar-refractivity contribution is -0.140. The van der Waals surface area contributed by atoms with Gasteiger partial charge in [0.2, 0.25) is 0 Å². The van der Waals surface area contributed by atoms with Gasteiger partial charge in [-0.1, -0.05) is 26.2 Å². The summed E-state index contributed by atoms with van der Waals surface area (Å²) in [5, 5.41) is 13.9. The maximum Gasteiger partial charge on any atom is 0.326 e. The van der Waals surface area contributed by atoms with Crippen molar-refractivity contribution in [3.05, 3.63) is 0 Å². The molecule has 0 spiro atoms. The van der Waals surface area contributed by atoms with Crippen LogP contribution in [0.3, 0.4) is 0 Å². The zero-order chi connectivity index (χ0) is 13.6. The molecule has 2 atom stereocenters. The highest BCUT2D eigenvalue weighted by Gasteiger charge is 2.27. The summed E-state index contributed by atoms with van der Waals surface area (Å²) < 4.78 is 0. The highest BCUT2D eigenvalue weighted by atomic mass is 16.4. The smallest absolute Gasteiger partial charge is 0.326 e. The molecule has 0 radical (unpaired) electrons. The Balaban J connectivity index is 4.54. The fourth-order valence-electron chi connectivity index (χ4n) is 1.18. The standard InChI is InChI=1S/C12H20N2O3/c1-6-8(3)9(10(15)16)13-11(17)14-12(4,5)7-2/h2,8-9H,6H2,1,3-5H3,(H,15,16)(H2,13,14,17)/t8?,9-/m0/s1. The van der Waals surface area contributed by atoms with Crippen LogP contribution in [0.25, 0.3) is 0 Å². The third kappa shape index (κ3) is 5.25. The van der Waals surface area contributed by atoms with E-state index in [0.717, 1.165) is 0 Å². The van der Waals surface area contributed by atoms with Crippen molar-refractivity contribution in [2.75, 3.05) is 0 Å². The predicted molar refractivity (Wildman–Crippen MR) is 65.5 cm³/mol. The molecular formula is C12H20N2O3. The third-order valence-corrected chi connectivity index (χ3v) is 2.55. The van der Waals surface area contributed by atoms with Crippen LogP contribution in [-0.2, 0) is 4.79 Å². The molecule has 96 valence electrons. The summed E-state index contributed by atoms with van der Waals surface area (Å²) in [7, 11) is 0. The molecule has 0 aliphatic heterocycles. The molecule has 0 heterocycles. The third-order valence-electron chi connectivity index (χ3n) is 2.55. The monoisotopic (exact) mass is 240 g/mol. The van der Waals surface area contributed by atoms with Crippen molar-refractivity contribution in [3.63, 3.8) is 0 Å². The zero-order valence-electron chi connectivity index (χ0n) is 10.7. The van der Waals surface area contributed by atoms with Crippen molar-refractivity contribution in [2.24, 2.45) is 5.92 Å². The lowest BCUT2D eigenvalue weighted by atomic mass is 9.99. The van der Waals surface area contributed by atoms with Gasteiger partial charge in [0.1, 0.15) is 6.04 Å². The number of rotatable bonds is 5. The minimum atomic E-state index is -1.05. The molecule has 3 N–H and O–H groups in total. The van der Waals surface area contributed by atoms with E-state index in [2.05, 4.69) is 16.6 Å². The van der Waals surface area contributed by atoms with E-state index in [9.17, 15) is 9.59 Å². The van der Waals surface area contributed by atoms with Crippen LogP contribution in [0.4, 0.5) is 4.79 Å². The van der Waals surface area contributed by atoms with E-state index in [4.69, 9.17) is 11.5 Å². The van der Waals surface area contributed by atoms with Crippen molar-refractivity contribution < 1.29 is 14.7 Å². The van der Waals surface area contributed by atoms with E-state index >= 15 is 0 Å². The largest absolute Gasteiger partial charge is 0.480 e. The van der Waals surface area contributed by atoms with Gasteiger partial charge >= 0.3 is 12.0 Å². The van der Waals surface area contributed by atoms with Crippen LogP contribution in [0.5, 0.6) is 0 Å². The Morgan fingerprint density at radius 2 is 2.00 bits per heavy atom. The number of amides is 2. The van der Waals surface area contributed by atoms with E-state index in [1.165, 1.54) is 0 Å². The first-order valence-corrected chi connectivity index (χ1v) is 5.52. The second-order valence-corrected chi connectivity index (χ2v) is 4.57. The minimum absolute atomic E-state index is 0.146. The van der Waals surface area contributed by atoms with Crippen molar-refractivity contribution in [1.29, 1.82) is 0 Å². The zero-order valence-corrected chi connectivity index (χ0v) is 10.7. The fourth-order valence-corrected chi connectivity index (χ4v) is 1.18. The molecule has 0 rings (SSSR count). The van der Waals surface area contributed by atoms with Crippen molar-refractivity contribution in [2.45, 2.75) is 45.7 Å². The Morgan fingerprint density at radius 1 is 1.47 bits per heavy atom. The van der Waals surface area contributed by atoms with Gasteiger partial charge in [-0.05, 0) is 19.8 Å². The van der Waals surface area contributed by atoms with Gasteiger partial charge in [0.05, 0.1) is 5.54 Å². The van der Waals surface area contributed by atoms with Crippen molar-refractivity contribution >= 4 is 12.0 Å². The number of nitrogens with one attached hydrogen (secondary N) is 2. The number of carboxylic acids is 1. The minimum Gasteiger partial charge on any atom is -0.480 e. The summed E-state index contributed by atoms with van der Waals surface area (Å²) >= 11 is 0. The van der Waals surface area contributed by atoms with E-state index in [1.54, 1.807) is 20.8 Å². The maximum atomic E-state index is 11.6. The molecular weight excluding hydrogens is 220 g/mol. The molecule has 0 aromatic carbocycles. The molecule has 0 aliphatic rings. The van der Waals surface area contributed by atoms with Crippen LogP contribution >= 0.6 is 0 Å². The van der Waals surface area contributed by atoms with Crippen LogP contribution in [-0.4, -0.2) is 28.7 Å². The van der Waals surface area contributed by atoms with Crippen LogP contribution < -0.4 is 10.6 Å². The van der Waals surface area contributed by atoms with Gasteiger partial charge in [-0.2, -0.15) is 0 Å². The van der Waals surface area contributed by atoms with E-state index in [1.807, 2.05) is 6.92 Å². The lowest BCUT2D eigenvalue weighted by Crippen LogP contribution is -2.53. The molecule has 17 heavy (non-hydrogen) atoms. The first kappa shape index (κ1) is 15.3. The Labute approximate surface area is 102 Å². The molecule has 5 heteroatoms. The van der Waals surface area contributed by atoms with Crippen molar-refractivity contribution in [3.8, 4) is 12.3 Å². The molecule has 0 saturated heterocycles. The van der Waals surface area contributed by atoms with Gasteiger partial charge in [-0.3, -0.25) is 0 Å². The summed E-state index contributed by atoms with van der Waals surface area (Å²) in [6.45, 7) is 6.95. The molecule has 0 bridgehead atoms. The quantitative estimate of drug-likeness (QED) is 0.632. The van der Waals surface area contributed by atoms with Gasteiger partial charge in [0, 0.05) is 0 Å². The number of terminal acetylenes is 1. The average Bonchev–Trinajstić information content (AvgIpc) is 2.24. The van der Waals surface area contributed by atoms with E-state index < -0.39 is 23.6 Å². The number of hydrogen-bond donors (Lipinski definition) is 3. The highest BCUT2D eigenvalue weighted by Crippen LogP contribution is 2.08. The molecule has 0 saturated carbocycles. The molecule has 2 amide bonds. The Hall–Kier alpha value is -1.70. The van der Waals surface area contributed by atoms with Gasteiger partial charge in [0.15, 0.2) is 0 Å². The summed E-state index contributed by atoms with van der Waals surface area (Å²) in [5.74, 6) is 1.20. The van der Waals surface area contributed by atoms with E-state index in [0.29, 0.717) is 6.42 Å². The van der Waals surface area contributed by atoms with Gasteiger partial charge in [-0.25, -0.2) is 9.59 Å². The number of carboxylic acid groups (broad SMARTS) is 1. The fraction of sp³-hybridized carbons (Fsp3) is 0.667. The van der Waals surface area contributed by atoms with Crippen LogP contribution in [0.1, 0.15) is 34.1 Å². The summed E-state index contributed by atoms with van der Waals surface area (Å²) in [6.07, 6.45) is 5.88. The number of urea groups is 1. The second-order valence-electron chi connectivity index (χ2n) is 4.57. The lowest BCUT2D eigenvalue weighted by Gasteiger charge is -2.24. The SMILES string of the molecule is C#CC(C)(C)NC(=O)N[C@H](C(=O)O)C(C)CC. The van der Waals surface area contributed by atoms with Gasteiger partial charge in [-0.15, -0.1) is 6.42 Å². The predicted octanol–water partition coefficient (Wildman–Crippen LogP) is 1.20. The van der Waals surface area contributed by atoms with Crippen molar-refractivity contribution in [1.82, 2.24) is 10.6 Å². The normalized spacial score (nSPS) is 14.3. The van der Waals surface area contributed by atoms with Crippen LogP contribution in [0.2, 0.25) is 0 Å². The summed E-state index contributed by atoms with van der Waals surface area (Å²) in [4.78, 5) is 22.6. The number of carbonyl (C=O) groups is 2. The Morgan fingerprint density at radius 3 is 2.35 bits per heavy atom. The summed E-state index contributed by atoms with van der Waals surface area (Å²) in [5.41, 5.74) is -0.803. The van der Waals surface area contributed by atoms with Crippen LogP contribution in [0.15, 0.2) is 0 Å². The Bertz CT molecular complexity index is 331. The van der Waals surface area contributed by atoms with E-state index in [-0.39, 0.29) is 5.92 Å². The van der Waals surface area contributed by atoms with Gasteiger partial charge in [0.25, 0.3) is 0 Å². The molecule has 0 fully saturated rings. The Kier molecular flexibility index (Phi) is 5.52. The second kappa shape index (κ2) is 6.14. The topological polar surface area (TPSA) is 78.4 Å². The van der Waals surface area contributed by atoms with Gasteiger partial charge < -0.3 is 15.7 Å². The maximum absolute atomic E-state index is 11.6. The first-order chi connectivity index (χ1) is 7.73. The highest BCUT2D eigenvalue weighted by molar-refractivity contribution is 5.83. The molecule has 0 aromatic rings. The first-order valence-electron chi connectivity index (χ1n) is 5.52. The molecule has 1 unspecified atom stereocenters. The summed E-state index contributed by atoms with van der Waals surface area (Å²) in [6, 6.07) is -1.48. The number of carbonyl (C=O) groups excluding carboxylic acids is 1. The number of aliphatic carboxylic acids is 1.